The summed E-state index contributed by atoms with van der Waals surface area (Å²) in [5, 5.41) is 3.07. The molecule has 4 nitrogen and oxygen atoms in total. The second-order valence-corrected chi connectivity index (χ2v) is 6.03. The molecule has 0 aromatic heterocycles. The van der Waals surface area contributed by atoms with Crippen molar-refractivity contribution in [1.82, 2.24) is 5.32 Å². The second-order valence-electron chi connectivity index (χ2n) is 6.03. The van der Waals surface area contributed by atoms with Crippen LogP contribution in [-0.2, 0) is 9.53 Å². The van der Waals surface area contributed by atoms with Crippen LogP contribution in [0.25, 0.3) is 0 Å². The molecular weight excluding hydrogens is 216 g/mol. The van der Waals surface area contributed by atoms with Crippen LogP contribution in [0.3, 0.4) is 0 Å². The number of carbonyl (C=O) groups excluding carboxylic acids is 1. The fourth-order valence-corrected chi connectivity index (χ4v) is 2.05. The molecule has 0 atom stereocenters. The van der Waals surface area contributed by atoms with E-state index >= 15 is 0 Å². The molecule has 0 saturated carbocycles. The van der Waals surface area contributed by atoms with E-state index in [-0.39, 0.29) is 16.7 Å². The van der Waals surface area contributed by atoms with Crippen LogP contribution in [0.2, 0.25) is 0 Å². The third-order valence-corrected chi connectivity index (χ3v) is 3.76. The van der Waals surface area contributed by atoms with Crippen LogP contribution in [0.1, 0.15) is 40.0 Å². The van der Waals surface area contributed by atoms with Gasteiger partial charge in [-0.2, -0.15) is 0 Å². The van der Waals surface area contributed by atoms with Gasteiger partial charge in [-0.15, -0.1) is 0 Å². The Balaban J connectivity index is 2.41. The van der Waals surface area contributed by atoms with Crippen LogP contribution in [0, 0.1) is 10.8 Å². The number of amides is 1. The number of nitrogens with two attached hydrogens (primary N) is 1. The maximum absolute atomic E-state index is 12.0. The molecule has 0 unspecified atom stereocenters. The Labute approximate surface area is 104 Å². The van der Waals surface area contributed by atoms with E-state index in [1.807, 2.05) is 13.8 Å². The van der Waals surface area contributed by atoms with Gasteiger partial charge >= 0.3 is 0 Å². The summed E-state index contributed by atoms with van der Waals surface area (Å²) >= 11 is 0. The zero-order valence-electron chi connectivity index (χ0n) is 11.3. The first-order valence-corrected chi connectivity index (χ1v) is 6.46. The average molecular weight is 242 g/mol. The summed E-state index contributed by atoms with van der Waals surface area (Å²) < 4.78 is 5.35. The molecule has 1 aliphatic heterocycles. The van der Waals surface area contributed by atoms with Crippen molar-refractivity contribution >= 4 is 5.91 Å². The van der Waals surface area contributed by atoms with Crippen molar-refractivity contribution < 1.29 is 9.53 Å². The summed E-state index contributed by atoms with van der Waals surface area (Å²) in [6.45, 7) is 9.00. The molecule has 0 aromatic rings. The van der Waals surface area contributed by atoms with Gasteiger partial charge in [0.05, 0.1) is 0 Å². The van der Waals surface area contributed by atoms with E-state index in [9.17, 15) is 4.79 Å². The first-order chi connectivity index (χ1) is 7.90. The molecule has 0 bridgehead atoms. The van der Waals surface area contributed by atoms with Crippen LogP contribution in [-0.4, -0.2) is 32.2 Å². The average Bonchev–Trinajstić information content (AvgIpc) is 2.27. The van der Waals surface area contributed by atoms with Crippen molar-refractivity contribution in [2.24, 2.45) is 16.6 Å². The summed E-state index contributed by atoms with van der Waals surface area (Å²) in [5.74, 6) is 0.107. The van der Waals surface area contributed by atoms with Crippen LogP contribution >= 0.6 is 0 Å². The lowest BCUT2D eigenvalue weighted by Gasteiger charge is -2.35. The Morgan fingerprint density at radius 2 is 2.00 bits per heavy atom. The molecule has 1 heterocycles. The number of nitrogens with one attached hydrogen (secondary N) is 1. The summed E-state index contributed by atoms with van der Waals surface area (Å²) in [7, 11) is 0. The van der Waals surface area contributed by atoms with Crippen molar-refractivity contribution in [1.29, 1.82) is 0 Å². The minimum Gasteiger partial charge on any atom is -0.381 e. The zero-order valence-corrected chi connectivity index (χ0v) is 11.3. The first-order valence-electron chi connectivity index (χ1n) is 6.46. The number of hydrogen-bond acceptors (Lipinski definition) is 3. The third kappa shape index (κ3) is 4.28. The zero-order chi connectivity index (χ0) is 12.9. The van der Waals surface area contributed by atoms with Gasteiger partial charge in [-0.05, 0) is 31.2 Å². The van der Waals surface area contributed by atoms with E-state index in [1.54, 1.807) is 0 Å². The van der Waals surface area contributed by atoms with Crippen molar-refractivity contribution in [3.05, 3.63) is 0 Å². The fraction of sp³-hybridized carbons (Fsp3) is 0.923. The Morgan fingerprint density at radius 1 is 1.41 bits per heavy atom. The molecule has 0 aromatic carbocycles. The van der Waals surface area contributed by atoms with Gasteiger partial charge in [-0.1, -0.05) is 20.8 Å². The number of carbonyl (C=O) groups is 1. The molecule has 1 rings (SSSR count). The van der Waals surface area contributed by atoms with Gasteiger partial charge in [0, 0.05) is 25.2 Å². The molecule has 17 heavy (non-hydrogen) atoms. The van der Waals surface area contributed by atoms with Crippen LogP contribution in [0.4, 0.5) is 0 Å². The fourth-order valence-electron chi connectivity index (χ4n) is 2.05. The van der Waals surface area contributed by atoms with Gasteiger partial charge in [-0.25, -0.2) is 0 Å². The van der Waals surface area contributed by atoms with Crippen molar-refractivity contribution in [3.63, 3.8) is 0 Å². The van der Waals surface area contributed by atoms with Crippen LogP contribution < -0.4 is 11.1 Å². The Morgan fingerprint density at radius 3 is 2.53 bits per heavy atom. The second kappa shape index (κ2) is 5.83. The number of rotatable bonds is 5. The quantitative estimate of drug-likeness (QED) is 0.763. The lowest BCUT2D eigenvalue weighted by Crippen LogP contribution is -2.44. The molecule has 1 fully saturated rings. The highest BCUT2D eigenvalue weighted by Crippen LogP contribution is 2.29. The molecule has 0 spiro atoms. The molecule has 4 heteroatoms. The minimum absolute atomic E-state index is 0.107. The summed E-state index contributed by atoms with van der Waals surface area (Å²) in [6.07, 6.45) is 2.76. The van der Waals surface area contributed by atoms with Crippen molar-refractivity contribution in [2.45, 2.75) is 40.0 Å². The minimum atomic E-state index is -0.365. The molecule has 1 aliphatic rings. The third-order valence-electron chi connectivity index (χ3n) is 3.76. The van der Waals surface area contributed by atoms with E-state index in [2.05, 4.69) is 12.2 Å². The van der Waals surface area contributed by atoms with Gasteiger partial charge in [0.15, 0.2) is 0 Å². The van der Waals surface area contributed by atoms with Gasteiger partial charge < -0.3 is 15.8 Å². The van der Waals surface area contributed by atoms with Gasteiger partial charge in [0.2, 0.25) is 5.91 Å². The largest absolute Gasteiger partial charge is 0.381 e. The van der Waals surface area contributed by atoms with Gasteiger partial charge in [0.25, 0.3) is 0 Å². The SMILES string of the molecule is CC1(CNC(=O)C(C)(C)CCN)CCOCC1. The van der Waals surface area contributed by atoms with E-state index in [0.29, 0.717) is 6.54 Å². The number of ether oxygens (including phenoxy) is 1. The smallest absolute Gasteiger partial charge is 0.225 e. The van der Waals surface area contributed by atoms with E-state index in [0.717, 1.165) is 39.0 Å². The molecule has 3 N–H and O–H groups in total. The highest BCUT2D eigenvalue weighted by atomic mass is 16.5. The maximum Gasteiger partial charge on any atom is 0.225 e. The highest BCUT2D eigenvalue weighted by Gasteiger charge is 2.31. The highest BCUT2D eigenvalue weighted by molar-refractivity contribution is 5.81. The number of hydrogen-bond donors (Lipinski definition) is 2. The van der Waals surface area contributed by atoms with Crippen LogP contribution in [0.5, 0.6) is 0 Å². The lowest BCUT2D eigenvalue weighted by molar-refractivity contribution is -0.130. The van der Waals surface area contributed by atoms with E-state index in [4.69, 9.17) is 10.5 Å². The van der Waals surface area contributed by atoms with E-state index in [1.165, 1.54) is 0 Å². The predicted octanol–water partition coefficient (Wildman–Crippen LogP) is 1.29. The summed E-state index contributed by atoms with van der Waals surface area (Å²) in [5.41, 5.74) is 5.34. The monoisotopic (exact) mass is 242 g/mol. The molecule has 100 valence electrons. The summed E-state index contributed by atoms with van der Waals surface area (Å²) in [6, 6.07) is 0. The molecule has 1 saturated heterocycles. The predicted molar refractivity (Wildman–Crippen MR) is 68.6 cm³/mol. The Bertz CT molecular complexity index is 258. The van der Waals surface area contributed by atoms with Crippen molar-refractivity contribution in [2.75, 3.05) is 26.3 Å². The van der Waals surface area contributed by atoms with Gasteiger partial charge in [-0.3, -0.25) is 4.79 Å². The van der Waals surface area contributed by atoms with Gasteiger partial charge in [0.1, 0.15) is 0 Å². The molecule has 0 aliphatic carbocycles. The van der Waals surface area contributed by atoms with Crippen molar-refractivity contribution in [3.8, 4) is 0 Å². The molecule has 1 amide bonds. The Kier molecular flexibility index (Phi) is 4.95. The lowest BCUT2D eigenvalue weighted by atomic mass is 9.81. The molecular formula is C13H26N2O2. The topological polar surface area (TPSA) is 64.4 Å². The normalized spacial score (nSPS) is 20.0. The first kappa shape index (κ1) is 14.5. The standard InChI is InChI=1S/C13H26N2O2/c1-12(2,4-7-14)11(16)15-10-13(3)5-8-17-9-6-13/h4-10,14H2,1-3H3,(H,15,16). The van der Waals surface area contributed by atoms with Crippen LogP contribution in [0.15, 0.2) is 0 Å². The molecule has 0 radical (unpaired) electrons. The Hall–Kier alpha value is -0.610. The summed E-state index contributed by atoms with van der Waals surface area (Å²) in [4.78, 5) is 12.0. The van der Waals surface area contributed by atoms with E-state index < -0.39 is 0 Å². The maximum atomic E-state index is 12.0.